The van der Waals surface area contributed by atoms with Crippen LogP contribution in [0.25, 0.3) is 11.4 Å². The van der Waals surface area contributed by atoms with E-state index in [1.54, 1.807) is 7.11 Å². The number of aromatic amines is 1. The zero-order valence-electron chi connectivity index (χ0n) is 10.5. The number of aryl methyl sites for hydroxylation is 1. The van der Waals surface area contributed by atoms with Gasteiger partial charge in [-0.15, -0.1) is 24.0 Å². The van der Waals surface area contributed by atoms with Gasteiger partial charge in [0.2, 0.25) is 0 Å². The standard InChI is InChI=1S/C13H15ClN2O.ClH/c1-8(14)12-9(2)15-13(16-12)10-5-4-6-11(7-10)17-3;/h4-8H,1-3H3,(H,15,16);1H. The highest BCUT2D eigenvalue weighted by Gasteiger charge is 2.12. The third-order valence-electron chi connectivity index (χ3n) is 2.64. The van der Waals surface area contributed by atoms with Crippen molar-refractivity contribution in [2.75, 3.05) is 7.11 Å². The average Bonchev–Trinajstić information content (AvgIpc) is 2.71. The number of halogens is 2. The van der Waals surface area contributed by atoms with Crippen molar-refractivity contribution in [3.8, 4) is 17.1 Å². The number of methoxy groups -OCH3 is 1. The first-order chi connectivity index (χ1) is 8.11. The third kappa shape index (κ3) is 2.98. The minimum atomic E-state index is -0.0920. The SMILES string of the molecule is COc1cccc(-c2nc(C(C)Cl)c(C)[nH]2)c1.Cl. The summed E-state index contributed by atoms with van der Waals surface area (Å²) in [7, 11) is 1.65. The Bertz CT molecular complexity index is 523. The van der Waals surface area contributed by atoms with Gasteiger partial charge in [0, 0.05) is 11.3 Å². The molecule has 0 bridgehead atoms. The van der Waals surface area contributed by atoms with Crippen molar-refractivity contribution >= 4 is 24.0 Å². The van der Waals surface area contributed by atoms with E-state index in [2.05, 4.69) is 9.97 Å². The molecule has 0 spiro atoms. The van der Waals surface area contributed by atoms with Crippen LogP contribution < -0.4 is 4.74 Å². The van der Waals surface area contributed by atoms with Gasteiger partial charge in [0.1, 0.15) is 11.6 Å². The van der Waals surface area contributed by atoms with Crippen molar-refractivity contribution < 1.29 is 4.74 Å². The number of alkyl halides is 1. The second kappa shape index (κ2) is 6.12. The Balaban J connectivity index is 0.00000162. The molecule has 1 N–H and O–H groups in total. The van der Waals surface area contributed by atoms with Gasteiger partial charge in [0.25, 0.3) is 0 Å². The van der Waals surface area contributed by atoms with E-state index in [4.69, 9.17) is 16.3 Å². The van der Waals surface area contributed by atoms with E-state index in [1.807, 2.05) is 38.1 Å². The second-order valence-corrected chi connectivity index (χ2v) is 4.60. The van der Waals surface area contributed by atoms with Gasteiger partial charge in [-0.3, -0.25) is 0 Å². The van der Waals surface area contributed by atoms with Crippen LogP contribution in [0.3, 0.4) is 0 Å². The molecule has 1 heterocycles. The molecular weight excluding hydrogens is 271 g/mol. The van der Waals surface area contributed by atoms with Gasteiger partial charge in [0.05, 0.1) is 18.2 Å². The Hall–Kier alpha value is -1.19. The molecule has 98 valence electrons. The van der Waals surface area contributed by atoms with Crippen LogP contribution in [-0.2, 0) is 0 Å². The molecule has 1 unspecified atom stereocenters. The molecule has 5 heteroatoms. The molecule has 0 saturated carbocycles. The summed E-state index contributed by atoms with van der Waals surface area (Å²) in [6.07, 6.45) is 0. The first-order valence-electron chi connectivity index (χ1n) is 5.47. The molecule has 2 aromatic rings. The quantitative estimate of drug-likeness (QED) is 0.862. The topological polar surface area (TPSA) is 37.9 Å². The summed E-state index contributed by atoms with van der Waals surface area (Å²) in [5.41, 5.74) is 2.89. The van der Waals surface area contributed by atoms with Crippen LogP contribution in [0.5, 0.6) is 5.75 Å². The molecule has 18 heavy (non-hydrogen) atoms. The summed E-state index contributed by atoms with van der Waals surface area (Å²) in [4.78, 5) is 7.75. The van der Waals surface area contributed by atoms with Gasteiger partial charge in [-0.25, -0.2) is 4.98 Å². The number of rotatable bonds is 3. The Morgan fingerprint density at radius 2 is 2.11 bits per heavy atom. The van der Waals surface area contributed by atoms with Gasteiger partial charge in [-0.1, -0.05) is 12.1 Å². The third-order valence-corrected chi connectivity index (χ3v) is 2.85. The van der Waals surface area contributed by atoms with Crippen LogP contribution in [-0.4, -0.2) is 17.1 Å². The van der Waals surface area contributed by atoms with Gasteiger partial charge in [-0.05, 0) is 26.0 Å². The second-order valence-electron chi connectivity index (χ2n) is 3.94. The molecular formula is C13H16Cl2N2O. The number of hydrogen-bond donors (Lipinski definition) is 1. The molecule has 2 rings (SSSR count). The van der Waals surface area contributed by atoms with Crippen LogP contribution in [0.1, 0.15) is 23.7 Å². The fraction of sp³-hybridized carbons (Fsp3) is 0.308. The molecule has 1 aromatic carbocycles. The van der Waals surface area contributed by atoms with E-state index in [9.17, 15) is 0 Å². The lowest BCUT2D eigenvalue weighted by molar-refractivity contribution is 0.415. The summed E-state index contributed by atoms with van der Waals surface area (Å²) in [6, 6.07) is 7.78. The molecule has 0 radical (unpaired) electrons. The van der Waals surface area contributed by atoms with Crippen molar-refractivity contribution in [1.29, 1.82) is 0 Å². The maximum Gasteiger partial charge on any atom is 0.138 e. The minimum absolute atomic E-state index is 0. The zero-order valence-corrected chi connectivity index (χ0v) is 12.1. The predicted molar refractivity (Wildman–Crippen MR) is 76.8 cm³/mol. The highest BCUT2D eigenvalue weighted by molar-refractivity contribution is 6.20. The van der Waals surface area contributed by atoms with E-state index in [0.717, 1.165) is 28.5 Å². The van der Waals surface area contributed by atoms with E-state index in [1.165, 1.54) is 0 Å². The van der Waals surface area contributed by atoms with Crippen molar-refractivity contribution in [2.45, 2.75) is 19.2 Å². The molecule has 0 aliphatic rings. The molecule has 0 saturated heterocycles. The number of ether oxygens (including phenoxy) is 1. The van der Waals surface area contributed by atoms with Gasteiger partial charge in [-0.2, -0.15) is 0 Å². The van der Waals surface area contributed by atoms with E-state index in [-0.39, 0.29) is 17.8 Å². The van der Waals surface area contributed by atoms with Gasteiger partial charge >= 0.3 is 0 Å². The fourth-order valence-corrected chi connectivity index (χ4v) is 1.98. The van der Waals surface area contributed by atoms with E-state index in [0.29, 0.717) is 0 Å². The van der Waals surface area contributed by atoms with Crippen molar-refractivity contribution in [3.63, 3.8) is 0 Å². The van der Waals surface area contributed by atoms with Crippen LogP contribution in [0.2, 0.25) is 0 Å². The largest absolute Gasteiger partial charge is 0.497 e. The minimum Gasteiger partial charge on any atom is -0.497 e. The molecule has 3 nitrogen and oxygen atoms in total. The molecule has 1 aromatic heterocycles. The Kier molecular flexibility index (Phi) is 5.05. The summed E-state index contributed by atoms with van der Waals surface area (Å²) >= 11 is 6.06. The smallest absolute Gasteiger partial charge is 0.138 e. The number of nitrogens with one attached hydrogen (secondary N) is 1. The average molecular weight is 287 g/mol. The number of aromatic nitrogens is 2. The number of nitrogens with zero attached hydrogens (tertiary/aromatic N) is 1. The normalized spacial score (nSPS) is 11.8. The number of benzene rings is 1. The lowest BCUT2D eigenvalue weighted by atomic mass is 10.2. The number of H-pyrrole nitrogens is 1. The van der Waals surface area contributed by atoms with E-state index < -0.39 is 0 Å². The van der Waals surface area contributed by atoms with Crippen molar-refractivity contribution in [2.24, 2.45) is 0 Å². The fourth-order valence-electron chi connectivity index (χ4n) is 1.77. The number of hydrogen-bond acceptors (Lipinski definition) is 2. The summed E-state index contributed by atoms with van der Waals surface area (Å²) < 4.78 is 5.19. The first kappa shape index (κ1) is 14.9. The van der Waals surface area contributed by atoms with Crippen molar-refractivity contribution in [1.82, 2.24) is 9.97 Å². The maximum absolute atomic E-state index is 6.06. The van der Waals surface area contributed by atoms with Crippen LogP contribution in [0.15, 0.2) is 24.3 Å². The molecule has 0 aliphatic heterocycles. The Morgan fingerprint density at radius 1 is 1.39 bits per heavy atom. The Labute approximate surface area is 118 Å². The van der Waals surface area contributed by atoms with Crippen LogP contribution in [0, 0.1) is 6.92 Å². The monoisotopic (exact) mass is 286 g/mol. The highest BCUT2D eigenvalue weighted by Crippen LogP contribution is 2.26. The molecule has 0 amide bonds. The van der Waals surface area contributed by atoms with Gasteiger partial charge in [0.15, 0.2) is 0 Å². The molecule has 0 aliphatic carbocycles. The summed E-state index contributed by atoms with van der Waals surface area (Å²) in [5.74, 6) is 1.64. The first-order valence-corrected chi connectivity index (χ1v) is 5.90. The Morgan fingerprint density at radius 3 is 2.67 bits per heavy atom. The maximum atomic E-state index is 6.06. The summed E-state index contributed by atoms with van der Waals surface area (Å²) in [5, 5.41) is -0.0920. The number of imidazole rings is 1. The summed E-state index contributed by atoms with van der Waals surface area (Å²) in [6.45, 7) is 3.89. The van der Waals surface area contributed by atoms with Crippen LogP contribution >= 0.6 is 24.0 Å². The van der Waals surface area contributed by atoms with Crippen molar-refractivity contribution in [3.05, 3.63) is 35.7 Å². The van der Waals surface area contributed by atoms with E-state index >= 15 is 0 Å². The lowest BCUT2D eigenvalue weighted by Crippen LogP contribution is -1.87. The molecule has 0 fully saturated rings. The van der Waals surface area contributed by atoms with Crippen LogP contribution in [0.4, 0.5) is 0 Å². The molecule has 1 atom stereocenters. The highest BCUT2D eigenvalue weighted by atomic mass is 35.5. The zero-order chi connectivity index (χ0) is 12.4. The van der Waals surface area contributed by atoms with Gasteiger partial charge < -0.3 is 9.72 Å². The predicted octanol–water partition coefficient (Wildman–Crippen LogP) is 4.12. The lowest BCUT2D eigenvalue weighted by Gasteiger charge is -2.01.